The number of morpholine rings is 1. The highest BCUT2D eigenvalue weighted by atomic mass is 19.4. The van der Waals surface area contributed by atoms with Crippen molar-refractivity contribution in [1.82, 2.24) is 10.3 Å². The minimum Gasteiger partial charge on any atom is -0.374 e. The second-order valence-electron chi connectivity index (χ2n) is 6.24. The first-order valence-electron chi connectivity index (χ1n) is 8.25. The second-order valence-corrected chi connectivity index (χ2v) is 6.24. The fraction of sp³-hybridized carbons (Fsp3) is 0.471. The SMILES string of the molecule is O=C1CCC(C(=O)N2CCOC(Cc3cccc(C(F)(F)F)c3)C2)=NN1. The maximum absolute atomic E-state index is 12.8. The van der Waals surface area contributed by atoms with Crippen molar-refractivity contribution in [3.05, 3.63) is 35.4 Å². The molecule has 1 atom stereocenters. The average Bonchev–Trinajstić information content (AvgIpc) is 2.61. The van der Waals surface area contributed by atoms with Crippen molar-refractivity contribution in [2.24, 2.45) is 5.10 Å². The first kappa shape index (κ1) is 18.4. The van der Waals surface area contributed by atoms with E-state index in [4.69, 9.17) is 4.74 Å². The number of benzene rings is 1. The van der Waals surface area contributed by atoms with E-state index < -0.39 is 17.8 Å². The summed E-state index contributed by atoms with van der Waals surface area (Å²) < 4.78 is 44.1. The van der Waals surface area contributed by atoms with Crippen molar-refractivity contribution < 1.29 is 27.5 Å². The van der Waals surface area contributed by atoms with Crippen LogP contribution in [0.1, 0.15) is 24.0 Å². The third kappa shape index (κ3) is 4.40. The molecule has 0 bridgehead atoms. The lowest BCUT2D eigenvalue weighted by molar-refractivity contribution is -0.137. The number of halogens is 3. The fourth-order valence-electron chi connectivity index (χ4n) is 2.98. The third-order valence-corrected chi connectivity index (χ3v) is 4.29. The fourth-order valence-corrected chi connectivity index (χ4v) is 2.98. The molecule has 0 spiro atoms. The lowest BCUT2D eigenvalue weighted by atomic mass is 10.0. The molecule has 2 heterocycles. The van der Waals surface area contributed by atoms with Crippen molar-refractivity contribution in [3.8, 4) is 0 Å². The Morgan fingerprint density at radius 3 is 2.85 bits per heavy atom. The van der Waals surface area contributed by atoms with E-state index in [0.29, 0.717) is 18.7 Å². The van der Waals surface area contributed by atoms with Gasteiger partial charge < -0.3 is 9.64 Å². The molecule has 0 aliphatic carbocycles. The largest absolute Gasteiger partial charge is 0.416 e. The number of nitrogens with one attached hydrogen (secondary N) is 1. The molecule has 1 fully saturated rings. The monoisotopic (exact) mass is 369 g/mol. The van der Waals surface area contributed by atoms with Crippen LogP contribution in [0.4, 0.5) is 13.2 Å². The van der Waals surface area contributed by atoms with Gasteiger partial charge in [-0.2, -0.15) is 18.3 Å². The average molecular weight is 369 g/mol. The Hall–Kier alpha value is -2.42. The number of hydrogen-bond donors (Lipinski definition) is 1. The summed E-state index contributed by atoms with van der Waals surface area (Å²) in [4.78, 5) is 25.2. The van der Waals surface area contributed by atoms with Gasteiger partial charge in [0.1, 0.15) is 5.71 Å². The zero-order valence-electron chi connectivity index (χ0n) is 13.9. The summed E-state index contributed by atoms with van der Waals surface area (Å²) >= 11 is 0. The number of amides is 2. The minimum atomic E-state index is -4.39. The van der Waals surface area contributed by atoms with Gasteiger partial charge in [0.2, 0.25) is 5.91 Å². The van der Waals surface area contributed by atoms with Gasteiger partial charge in [-0.15, -0.1) is 0 Å². The summed E-state index contributed by atoms with van der Waals surface area (Å²) in [6, 6.07) is 5.10. The van der Waals surface area contributed by atoms with Crippen molar-refractivity contribution in [2.75, 3.05) is 19.7 Å². The molecule has 2 amide bonds. The molecule has 2 aliphatic rings. The van der Waals surface area contributed by atoms with Gasteiger partial charge >= 0.3 is 6.18 Å². The molecular formula is C17H18F3N3O3. The van der Waals surface area contributed by atoms with Crippen molar-refractivity contribution in [1.29, 1.82) is 0 Å². The lowest BCUT2D eigenvalue weighted by Crippen LogP contribution is -2.49. The third-order valence-electron chi connectivity index (χ3n) is 4.29. The van der Waals surface area contributed by atoms with Crippen LogP contribution in [0.5, 0.6) is 0 Å². The highest BCUT2D eigenvalue weighted by molar-refractivity contribution is 6.39. The van der Waals surface area contributed by atoms with Crippen LogP contribution in [-0.2, 0) is 26.9 Å². The zero-order valence-corrected chi connectivity index (χ0v) is 13.9. The topological polar surface area (TPSA) is 71.0 Å². The van der Waals surface area contributed by atoms with Crippen LogP contribution in [-0.4, -0.2) is 48.2 Å². The first-order chi connectivity index (χ1) is 12.3. The Bertz CT molecular complexity index is 733. The Balaban J connectivity index is 1.64. The number of ether oxygens (including phenoxy) is 1. The van der Waals surface area contributed by atoms with Gasteiger partial charge in [-0.05, 0) is 11.6 Å². The number of rotatable bonds is 3. The molecule has 1 aromatic carbocycles. The predicted molar refractivity (Wildman–Crippen MR) is 86.3 cm³/mol. The van der Waals surface area contributed by atoms with Gasteiger partial charge in [0, 0.05) is 32.4 Å². The van der Waals surface area contributed by atoms with Crippen LogP contribution in [0.15, 0.2) is 29.4 Å². The molecule has 0 saturated carbocycles. The normalized spacial score (nSPS) is 21.2. The number of hydrogen-bond acceptors (Lipinski definition) is 4. The van der Waals surface area contributed by atoms with E-state index in [-0.39, 0.29) is 43.3 Å². The van der Waals surface area contributed by atoms with E-state index in [1.165, 1.54) is 6.07 Å². The summed E-state index contributed by atoms with van der Waals surface area (Å²) in [6.45, 7) is 0.946. The summed E-state index contributed by atoms with van der Waals surface area (Å²) in [7, 11) is 0. The molecule has 1 saturated heterocycles. The molecule has 6 nitrogen and oxygen atoms in total. The summed E-state index contributed by atoms with van der Waals surface area (Å²) in [6.07, 6.45) is -4.02. The quantitative estimate of drug-likeness (QED) is 0.882. The molecule has 0 radical (unpaired) electrons. The maximum Gasteiger partial charge on any atom is 0.416 e. The van der Waals surface area contributed by atoms with E-state index in [0.717, 1.165) is 12.1 Å². The first-order valence-corrected chi connectivity index (χ1v) is 8.25. The number of nitrogens with zero attached hydrogens (tertiary/aromatic N) is 2. The number of carbonyl (C=O) groups is 2. The predicted octanol–water partition coefficient (Wildman–Crippen LogP) is 1.74. The maximum atomic E-state index is 12.8. The molecule has 1 N–H and O–H groups in total. The molecule has 3 rings (SSSR count). The number of carbonyl (C=O) groups excluding carboxylic acids is 2. The Labute approximate surface area is 148 Å². The number of hydrazone groups is 1. The van der Waals surface area contributed by atoms with Crippen LogP contribution >= 0.6 is 0 Å². The molecule has 140 valence electrons. The van der Waals surface area contributed by atoms with Gasteiger partial charge in [-0.3, -0.25) is 9.59 Å². The number of alkyl halides is 3. The minimum absolute atomic E-state index is 0.211. The second kappa shape index (κ2) is 7.45. The van der Waals surface area contributed by atoms with Gasteiger partial charge in [0.15, 0.2) is 0 Å². The molecule has 2 aliphatic heterocycles. The summed E-state index contributed by atoms with van der Waals surface area (Å²) in [5, 5.41) is 3.79. The Morgan fingerprint density at radius 1 is 1.35 bits per heavy atom. The van der Waals surface area contributed by atoms with Crippen LogP contribution in [0.25, 0.3) is 0 Å². The Kier molecular flexibility index (Phi) is 5.26. The molecule has 0 aromatic heterocycles. The molecule has 1 unspecified atom stereocenters. The highest BCUT2D eigenvalue weighted by Crippen LogP contribution is 2.30. The molecular weight excluding hydrogens is 351 g/mol. The van der Waals surface area contributed by atoms with Gasteiger partial charge in [0.05, 0.1) is 18.3 Å². The molecule has 1 aromatic rings. The highest BCUT2D eigenvalue weighted by Gasteiger charge is 2.32. The van der Waals surface area contributed by atoms with E-state index in [1.54, 1.807) is 11.0 Å². The van der Waals surface area contributed by atoms with E-state index in [9.17, 15) is 22.8 Å². The van der Waals surface area contributed by atoms with Crippen molar-refractivity contribution >= 4 is 17.5 Å². The van der Waals surface area contributed by atoms with Gasteiger partial charge in [-0.25, -0.2) is 5.43 Å². The molecule has 9 heteroatoms. The smallest absolute Gasteiger partial charge is 0.374 e. The van der Waals surface area contributed by atoms with Crippen molar-refractivity contribution in [3.63, 3.8) is 0 Å². The van der Waals surface area contributed by atoms with E-state index in [2.05, 4.69) is 10.5 Å². The van der Waals surface area contributed by atoms with Crippen molar-refractivity contribution in [2.45, 2.75) is 31.5 Å². The van der Waals surface area contributed by atoms with Crippen LogP contribution in [0, 0.1) is 0 Å². The van der Waals surface area contributed by atoms with E-state index >= 15 is 0 Å². The summed E-state index contributed by atoms with van der Waals surface area (Å²) in [5.74, 6) is -0.506. The Morgan fingerprint density at radius 2 is 2.15 bits per heavy atom. The lowest BCUT2D eigenvalue weighted by Gasteiger charge is -2.33. The van der Waals surface area contributed by atoms with Crippen LogP contribution in [0.2, 0.25) is 0 Å². The standard InChI is InChI=1S/C17H18F3N3O3/c18-17(19,20)12-3-1-2-11(8-12)9-13-10-23(6-7-26-13)16(25)14-4-5-15(24)22-21-14/h1-3,8,13H,4-7,9-10H2,(H,22,24). The summed E-state index contributed by atoms with van der Waals surface area (Å²) in [5.41, 5.74) is 2.37. The van der Waals surface area contributed by atoms with Crippen LogP contribution in [0.3, 0.4) is 0 Å². The van der Waals surface area contributed by atoms with Crippen LogP contribution < -0.4 is 5.43 Å². The van der Waals surface area contributed by atoms with Gasteiger partial charge in [0.25, 0.3) is 5.91 Å². The van der Waals surface area contributed by atoms with Gasteiger partial charge in [-0.1, -0.05) is 18.2 Å². The van der Waals surface area contributed by atoms with E-state index in [1.807, 2.05) is 0 Å². The molecule has 26 heavy (non-hydrogen) atoms. The zero-order chi connectivity index (χ0) is 18.7.